The van der Waals surface area contributed by atoms with E-state index >= 15 is 0 Å². The SMILES string of the molecule is CC(C)(C)OC(=O)N1C[C@@H]2C[C@@H](O)CN2[C@H](C(c2ccccc2)c2ccccc2)C1. The van der Waals surface area contributed by atoms with Gasteiger partial charge in [0.05, 0.1) is 6.10 Å². The number of benzene rings is 2. The van der Waals surface area contributed by atoms with Gasteiger partial charge in [0, 0.05) is 37.6 Å². The summed E-state index contributed by atoms with van der Waals surface area (Å²) in [5.41, 5.74) is 1.91. The largest absolute Gasteiger partial charge is 0.444 e. The lowest BCUT2D eigenvalue weighted by atomic mass is 9.82. The summed E-state index contributed by atoms with van der Waals surface area (Å²) in [6.07, 6.45) is 0.0585. The van der Waals surface area contributed by atoms with Gasteiger partial charge in [0.25, 0.3) is 0 Å². The Labute approximate surface area is 179 Å². The molecule has 2 aliphatic rings. The number of hydrogen-bond acceptors (Lipinski definition) is 4. The van der Waals surface area contributed by atoms with Crippen molar-refractivity contribution < 1.29 is 14.6 Å². The summed E-state index contributed by atoms with van der Waals surface area (Å²) >= 11 is 0. The van der Waals surface area contributed by atoms with Crippen LogP contribution < -0.4 is 0 Å². The average Bonchev–Trinajstić information content (AvgIpc) is 3.09. The van der Waals surface area contributed by atoms with E-state index in [4.69, 9.17) is 4.74 Å². The van der Waals surface area contributed by atoms with Gasteiger partial charge in [-0.2, -0.15) is 0 Å². The highest BCUT2D eigenvalue weighted by Crippen LogP contribution is 2.38. The van der Waals surface area contributed by atoms with E-state index in [1.807, 2.05) is 37.8 Å². The second-order valence-corrected chi connectivity index (χ2v) is 9.49. The van der Waals surface area contributed by atoms with Crippen LogP contribution in [0.4, 0.5) is 4.79 Å². The molecule has 0 saturated carbocycles. The fourth-order valence-electron chi connectivity index (χ4n) is 4.89. The van der Waals surface area contributed by atoms with Crippen LogP contribution in [0.5, 0.6) is 0 Å². The molecule has 2 aromatic rings. The highest BCUT2D eigenvalue weighted by atomic mass is 16.6. The number of hydrogen-bond donors (Lipinski definition) is 1. The van der Waals surface area contributed by atoms with E-state index in [0.29, 0.717) is 26.1 Å². The topological polar surface area (TPSA) is 53.0 Å². The summed E-state index contributed by atoms with van der Waals surface area (Å²) in [7, 11) is 0. The third-order valence-corrected chi connectivity index (χ3v) is 6.05. The molecule has 0 spiro atoms. The molecule has 2 saturated heterocycles. The maximum atomic E-state index is 12.9. The van der Waals surface area contributed by atoms with E-state index < -0.39 is 5.60 Å². The summed E-state index contributed by atoms with van der Waals surface area (Å²) < 4.78 is 5.70. The lowest BCUT2D eigenvalue weighted by Crippen LogP contribution is -2.60. The number of aliphatic hydroxyl groups is 1. The molecule has 3 atom stereocenters. The lowest BCUT2D eigenvalue weighted by Gasteiger charge is -2.46. The minimum atomic E-state index is -0.531. The van der Waals surface area contributed by atoms with Gasteiger partial charge in [-0.1, -0.05) is 60.7 Å². The van der Waals surface area contributed by atoms with Crippen molar-refractivity contribution in [2.45, 2.75) is 56.9 Å². The van der Waals surface area contributed by atoms with Crippen LogP contribution in [0.15, 0.2) is 60.7 Å². The normalized spacial score (nSPS) is 24.7. The molecule has 5 nitrogen and oxygen atoms in total. The van der Waals surface area contributed by atoms with E-state index in [1.54, 1.807) is 0 Å². The van der Waals surface area contributed by atoms with E-state index in [1.165, 1.54) is 11.1 Å². The van der Waals surface area contributed by atoms with Crippen molar-refractivity contribution in [3.63, 3.8) is 0 Å². The van der Waals surface area contributed by atoms with Gasteiger partial charge >= 0.3 is 6.09 Å². The van der Waals surface area contributed by atoms with Crippen molar-refractivity contribution in [1.82, 2.24) is 9.80 Å². The second-order valence-electron chi connectivity index (χ2n) is 9.49. The molecule has 30 heavy (non-hydrogen) atoms. The first-order chi connectivity index (χ1) is 14.3. The Morgan fingerprint density at radius 2 is 1.53 bits per heavy atom. The monoisotopic (exact) mass is 408 g/mol. The zero-order chi connectivity index (χ0) is 21.3. The van der Waals surface area contributed by atoms with Gasteiger partial charge in [0.2, 0.25) is 0 Å². The first-order valence-corrected chi connectivity index (χ1v) is 10.8. The summed E-state index contributed by atoms with van der Waals surface area (Å²) in [5.74, 6) is 0.102. The molecular formula is C25H32N2O3. The van der Waals surface area contributed by atoms with Crippen LogP contribution in [0.25, 0.3) is 0 Å². The number of nitrogens with zero attached hydrogens (tertiary/aromatic N) is 2. The molecular weight excluding hydrogens is 376 g/mol. The van der Waals surface area contributed by atoms with Gasteiger partial charge in [-0.05, 0) is 38.3 Å². The Morgan fingerprint density at radius 3 is 2.07 bits per heavy atom. The maximum absolute atomic E-state index is 12.9. The number of carbonyl (C=O) groups is 1. The molecule has 0 radical (unpaired) electrons. The third-order valence-electron chi connectivity index (χ3n) is 6.05. The zero-order valence-corrected chi connectivity index (χ0v) is 18.1. The van der Waals surface area contributed by atoms with Crippen molar-refractivity contribution in [3.05, 3.63) is 71.8 Å². The fourth-order valence-corrected chi connectivity index (χ4v) is 4.89. The van der Waals surface area contributed by atoms with E-state index in [0.717, 1.165) is 0 Å². The van der Waals surface area contributed by atoms with Crippen LogP contribution in [0.3, 0.4) is 0 Å². The molecule has 5 heteroatoms. The summed E-state index contributed by atoms with van der Waals surface area (Å²) in [6, 6.07) is 21.2. The first-order valence-electron chi connectivity index (χ1n) is 10.8. The molecule has 0 aromatic heterocycles. The van der Waals surface area contributed by atoms with Crippen molar-refractivity contribution in [2.24, 2.45) is 0 Å². The molecule has 0 unspecified atom stereocenters. The molecule has 1 N–H and O–H groups in total. The van der Waals surface area contributed by atoms with Gasteiger partial charge in [-0.15, -0.1) is 0 Å². The average molecular weight is 409 g/mol. The van der Waals surface area contributed by atoms with E-state index in [2.05, 4.69) is 53.4 Å². The van der Waals surface area contributed by atoms with Crippen molar-refractivity contribution in [3.8, 4) is 0 Å². The van der Waals surface area contributed by atoms with E-state index in [9.17, 15) is 9.90 Å². The molecule has 0 aliphatic carbocycles. The number of piperazine rings is 1. The maximum Gasteiger partial charge on any atom is 0.410 e. The molecule has 2 aliphatic heterocycles. The minimum absolute atomic E-state index is 0.0678. The smallest absolute Gasteiger partial charge is 0.410 e. The summed E-state index contributed by atoms with van der Waals surface area (Å²) in [6.45, 7) is 7.51. The lowest BCUT2D eigenvalue weighted by molar-refractivity contribution is -0.00698. The number of aliphatic hydroxyl groups excluding tert-OH is 1. The quantitative estimate of drug-likeness (QED) is 0.838. The number of rotatable bonds is 3. The molecule has 160 valence electrons. The number of carbonyl (C=O) groups excluding carboxylic acids is 1. The van der Waals surface area contributed by atoms with Crippen LogP contribution in [-0.4, -0.2) is 64.4 Å². The van der Waals surface area contributed by atoms with Crippen LogP contribution in [-0.2, 0) is 4.74 Å². The number of amides is 1. The predicted octanol–water partition coefficient (Wildman–Crippen LogP) is 3.87. The number of fused-ring (bicyclic) bond motifs is 1. The van der Waals surface area contributed by atoms with Gasteiger partial charge in [0.15, 0.2) is 0 Å². The Bertz CT molecular complexity index is 810. The number of ether oxygens (including phenoxy) is 1. The molecule has 2 fully saturated rings. The first kappa shape index (κ1) is 20.9. The standard InChI is InChI=1S/C25H32N2O3/c1-25(2,3)30-24(29)26-15-20-14-21(28)16-27(20)22(17-26)23(18-10-6-4-7-11-18)19-12-8-5-9-13-19/h4-13,20-23,28H,14-17H2,1-3H3/t20-,21+,22-/m0/s1. The molecule has 2 aromatic carbocycles. The minimum Gasteiger partial charge on any atom is -0.444 e. The van der Waals surface area contributed by atoms with E-state index in [-0.39, 0.29) is 30.2 Å². The Balaban J connectivity index is 1.71. The van der Waals surface area contributed by atoms with Crippen LogP contribution in [0.2, 0.25) is 0 Å². The Morgan fingerprint density at radius 1 is 0.967 bits per heavy atom. The Hall–Kier alpha value is -2.37. The van der Waals surface area contributed by atoms with Crippen LogP contribution in [0.1, 0.15) is 44.2 Å². The predicted molar refractivity (Wildman–Crippen MR) is 117 cm³/mol. The third kappa shape index (κ3) is 4.52. The molecule has 1 amide bonds. The summed E-state index contributed by atoms with van der Waals surface area (Å²) in [4.78, 5) is 17.2. The fraction of sp³-hybridized carbons (Fsp3) is 0.480. The summed E-state index contributed by atoms with van der Waals surface area (Å²) in [5, 5.41) is 10.4. The van der Waals surface area contributed by atoms with Crippen molar-refractivity contribution in [2.75, 3.05) is 19.6 Å². The van der Waals surface area contributed by atoms with Gasteiger partial charge in [-0.3, -0.25) is 4.90 Å². The van der Waals surface area contributed by atoms with Crippen molar-refractivity contribution in [1.29, 1.82) is 0 Å². The van der Waals surface area contributed by atoms with Gasteiger partial charge < -0.3 is 14.7 Å². The highest BCUT2D eigenvalue weighted by molar-refractivity contribution is 5.68. The van der Waals surface area contributed by atoms with Gasteiger partial charge in [-0.25, -0.2) is 4.79 Å². The van der Waals surface area contributed by atoms with Crippen LogP contribution >= 0.6 is 0 Å². The highest BCUT2D eigenvalue weighted by Gasteiger charge is 2.46. The molecule has 2 heterocycles. The Kier molecular flexibility index (Phi) is 5.85. The van der Waals surface area contributed by atoms with Crippen LogP contribution in [0, 0.1) is 0 Å². The zero-order valence-electron chi connectivity index (χ0n) is 18.1. The second kappa shape index (κ2) is 8.40. The van der Waals surface area contributed by atoms with Crippen molar-refractivity contribution >= 4 is 6.09 Å². The molecule has 4 rings (SSSR count). The molecule has 0 bridgehead atoms. The van der Waals surface area contributed by atoms with Gasteiger partial charge in [0.1, 0.15) is 5.60 Å².